The van der Waals surface area contributed by atoms with E-state index >= 15 is 0 Å². The van der Waals surface area contributed by atoms with E-state index in [-0.39, 0.29) is 6.04 Å². The molecule has 0 bridgehead atoms. The molecule has 1 atom stereocenters. The largest absolute Gasteiger partial charge is 0.306 e. The summed E-state index contributed by atoms with van der Waals surface area (Å²) in [5.41, 5.74) is 0.945. The van der Waals surface area contributed by atoms with Crippen molar-refractivity contribution in [2.24, 2.45) is 0 Å². The van der Waals surface area contributed by atoms with Crippen LogP contribution < -0.4 is 5.32 Å². The molecule has 2 rings (SSSR count). The van der Waals surface area contributed by atoms with Crippen LogP contribution in [0.4, 0.5) is 0 Å². The van der Waals surface area contributed by atoms with Crippen LogP contribution in [0, 0.1) is 0 Å². The second-order valence-electron chi connectivity index (χ2n) is 3.11. The Hall–Kier alpha value is -0.300. The molecule has 0 aliphatic heterocycles. The van der Waals surface area contributed by atoms with E-state index in [0.29, 0.717) is 0 Å². The zero-order chi connectivity index (χ0) is 11.5. The quantitative estimate of drug-likeness (QED) is 0.909. The molecule has 0 spiro atoms. The molecular formula is C10H9Br2N3S. The minimum absolute atomic E-state index is 0.0301. The molecule has 1 unspecified atom stereocenters. The number of nitrogens with zero attached hydrogens (tertiary/aromatic N) is 2. The summed E-state index contributed by atoms with van der Waals surface area (Å²) in [7, 11) is 1.90. The third-order valence-corrected chi connectivity index (χ3v) is 4.01. The predicted molar refractivity (Wildman–Crippen MR) is 72.7 cm³/mol. The van der Waals surface area contributed by atoms with Crippen LogP contribution in [0.25, 0.3) is 0 Å². The summed E-state index contributed by atoms with van der Waals surface area (Å²) in [6.07, 6.45) is 3.59. The maximum atomic E-state index is 4.42. The zero-order valence-electron chi connectivity index (χ0n) is 8.45. The molecule has 2 heterocycles. The highest BCUT2D eigenvalue weighted by Crippen LogP contribution is 2.29. The van der Waals surface area contributed by atoms with Crippen LogP contribution in [0.15, 0.2) is 32.8 Å². The minimum atomic E-state index is 0.0301. The summed E-state index contributed by atoms with van der Waals surface area (Å²) in [6, 6.07) is 2.02. The Morgan fingerprint density at radius 1 is 1.38 bits per heavy atom. The fraction of sp³-hybridized carbons (Fsp3) is 0.200. The van der Waals surface area contributed by atoms with E-state index in [1.165, 1.54) is 0 Å². The van der Waals surface area contributed by atoms with Gasteiger partial charge in [-0.05, 0) is 45.0 Å². The van der Waals surface area contributed by atoms with Crippen molar-refractivity contribution in [3.8, 4) is 0 Å². The summed E-state index contributed by atoms with van der Waals surface area (Å²) < 4.78 is 1.92. The molecular weight excluding hydrogens is 354 g/mol. The van der Waals surface area contributed by atoms with Gasteiger partial charge in [0, 0.05) is 26.7 Å². The Balaban J connectivity index is 2.41. The van der Waals surface area contributed by atoms with Gasteiger partial charge in [0.25, 0.3) is 0 Å². The number of nitrogens with one attached hydrogen (secondary N) is 1. The van der Waals surface area contributed by atoms with Gasteiger partial charge in [0.2, 0.25) is 0 Å². The summed E-state index contributed by atoms with van der Waals surface area (Å²) in [5.74, 6) is 0. The Bertz CT molecular complexity index is 473. The van der Waals surface area contributed by atoms with Crippen LogP contribution >= 0.6 is 43.2 Å². The van der Waals surface area contributed by atoms with Crippen molar-refractivity contribution in [2.45, 2.75) is 6.04 Å². The lowest BCUT2D eigenvalue weighted by atomic mass is 10.2. The highest BCUT2D eigenvalue weighted by molar-refractivity contribution is 9.11. The number of thiazole rings is 1. The first-order valence-corrected chi connectivity index (χ1v) is 7.06. The Morgan fingerprint density at radius 2 is 2.19 bits per heavy atom. The number of rotatable bonds is 3. The second-order valence-corrected chi connectivity index (χ2v) is 5.81. The predicted octanol–water partition coefficient (Wildman–Crippen LogP) is 3.37. The van der Waals surface area contributed by atoms with Gasteiger partial charge in [-0.3, -0.25) is 4.98 Å². The first-order chi connectivity index (χ1) is 7.72. The molecule has 0 aromatic carbocycles. The van der Waals surface area contributed by atoms with E-state index < -0.39 is 0 Å². The van der Waals surface area contributed by atoms with Gasteiger partial charge in [0.1, 0.15) is 11.0 Å². The zero-order valence-corrected chi connectivity index (χ0v) is 12.4. The van der Waals surface area contributed by atoms with Crippen LogP contribution in [0.2, 0.25) is 0 Å². The molecule has 0 amide bonds. The fourth-order valence-corrected chi connectivity index (χ4v) is 3.36. The molecule has 0 saturated carbocycles. The van der Waals surface area contributed by atoms with Crippen molar-refractivity contribution in [3.63, 3.8) is 0 Å². The smallest absolute Gasteiger partial charge is 0.116 e. The van der Waals surface area contributed by atoms with Crippen LogP contribution in [-0.2, 0) is 0 Å². The van der Waals surface area contributed by atoms with E-state index in [1.54, 1.807) is 23.7 Å². The van der Waals surface area contributed by atoms with Gasteiger partial charge >= 0.3 is 0 Å². The third kappa shape index (κ3) is 2.51. The lowest BCUT2D eigenvalue weighted by molar-refractivity contribution is 0.662. The molecule has 2 aromatic rings. The highest BCUT2D eigenvalue weighted by Gasteiger charge is 2.18. The molecule has 0 saturated heterocycles. The summed E-state index contributed by atoms with van der Waals surface area (Å²) in [5, 5.41) is 6.20. The summed E-state index contributed by atoms with van der Waals surface area (Å²) in [6.45, 7) is 0. The van der Waals surface area contributed by atoms with Gasteiger partial charge < -0.3 is 5.32 Å². The van der Waals surface area contributed by atoms with Crippen molar-refractivity contribution in [2.75, 3.05) is 7.05 Å². The minimum Gasteiger partial charge on any atom is -0.306 e. The SMILES string of the molecule is CNC(c1nccs1)c1ncc(Br)cc1Br. The molecule has 0 radical (unpaired) electrons. The molecule has 16 heavy (non-hydrogen) atoms. The molecule has 0 aliphatic rings. The van der Waals surface area contributed by atoms with Crippen molar-refractivity contribution in [3.05, 3.63) is 43.5 Å². The fourth-order valence-electron chi connectivity index (χ4n) is 1.39. The Labute approximate surface area is 115 Å². The lowest BCUT2D eigenvalue weighted by Crippen LogP contribution is -2.19. The van der Waals surface area contributed by atoms with E-state index in [1.807, 2.05) is 18.5 Å². The number of halogens is 2. The van der Waals surface area contributed by atoms with Gasteiger partial charge in [0.15, 0.2) is 0 Å². The van der Waals surface area contributed by atoms with Gasteiger partial charge in [-0.1, -0.05) is 0 Å². The highest BCUT2D eigenvalue weighted by atomic mass is 79.9. The van der Waals surface area contributed by atoms with Crippen LogP contribution in [0.1, 0.15) is 16.7 Å². The average molecular weight is 363 g/mol. The van der Waals surface area contributed by atoms with Crippen molar-refractivity contribution in [1.29, 1.82) is 0 Å². The lowest BCUT2D eigenvalue weighted by Gasteiger charge is -2.14. The van der Waals surface area contributed by atoms with E-state index in [0.717, 1.165) is 19.6 Å². The second kappa shape index (κ2) is 5.35. The number of pyridine rings is 1. The van der Waals surface area contributed by atoms with Gasteiger partial charge in [0.05, 0.1) is 5.69 Å². The van der Waals surface area contributed by atoms with Gasteiger partial charge in [-0.15, -0.1) is 11.3 Å². The molecule has 1 N–H and O–H groups in total. The van der Waals surface area contributed by atoms with Crippen molar-refractivity contribution >= 4 is 43.2 Å². The van der Waals surface area contributed by atoms with Gasteiger partial charge in [-0.25, -0.2) is 4.98 Å². The van der Waals surface area contributed by atoms with Crippen LogP contribution in [0.3, 0.4) is 0 Å². The maximum absolute atomic E-state index is 4.42. The molecule has 2 aromatic heterocycles. The van der Waals surface area contributed by atoms with E-state index in [9.17, 15) is 0 Å². The molecule has 6 heteroatoms. The molecule has 0 aliphatic carbocycles. The Kier molecular flexibility index (Phi) is 4.07. The molecule has 0 fully saturated rings. The number of aromatic nitrogens is 2. The third-order valence-electron chi connectivity index (χ3n) is 2.10. The van der Waals surface area contributed by atoms with Crippen molar-refractivity contribution in [1.82, 2.24) is 15.3 Å². The molecule has 3 nitrogen and oxygen atoms in total. The standard InChI is InChI=1S/C10H9Br2N3S/c1-13-9(10-14-2-3-16-10)8-7(12)4-6(11)5-15-8/h2-5,9,13H,1H3. The van der Waals surface area contributed by atoms with Crippen LogP contribution in [-0.4, -0.2) is 17.0 Å². The number of hydrogen-bond donors (Lipinski definition) is 1. The molecule has 84 valence electrons. The normalized spacial score (nSPS) is 12.7. The summed E-state index contributed by atoms with van der Waals surface area (Å²) in [4.78, 5) is 8.73. The maximum Gasteiger partial charge on any atom is 0.116 e. The van der Waals surface area contributed by atoms with E-state index in [4.69, 9.17) is 0 Å². The monoisotopic (exact) mass is 361 g/mol. The van der Waals surface area contributed by atoms with Crippen LogP contribution in [0.5, 0.6) is 0 Å². The van der Waals surface area contributed by atoms with E-state index in [2.05, 4.69) is 47.1 Å². The average Bonchev–Trinajstić information content (AvgIpc) is 2.75. The Morgan fingerprint density at radius 3 is 2.75 bits per heavy atom. The first kappa shape index (κ1) is 12.2. The summed E-state index contributed by atoms with van der Waals surface area (Å²) >= 11 is 8.53. The van der Waals surface area contributed by atoms with Crippen molar-refractivity contribution < 1.29 is 0 Å². The van der Waals surface area contributed by atoms with Gasteiger partial charge in [-0.2, -0.15) is 0 Å². The number of hydrogen-bond acceptors (Lipinski definition) is 4. The first-order valence-electron chi connectivity index (χ1n) is 4.60. The topological polar surface area (TPSA) is 37.8 Å².